The highest BCUT2D eigenvalue weighted by atomic mass is 19.4. The number of piperazine rings is 1. The molecule has 4 rings (SSSR count). The molecule has 1 aromatic carbocycles. The predicted octanol–water partition coefficient (Wildman–Crippen LogP) is 3.94. The third kappa shape index (κ3) is 6.69. The lowest BCUT2D eigenvalue weighted by Gasteiger charge is -2.36. The van der Waals surface area contributed by atoms with Gasteiger partial charge in [0.1, 0.15) is 29.8 Å². The molecule has 2 heterocycles. The first-order valence-corrected chi connectivity index (χ1v) is 12.2. The number of amides is 1. The van der Waals surface area contributed by atoms with Gasteiger partial charge in [-0.1, -0.05) is 0 Å². The summed E-state index contributed by atoms with van der Waals surface area (Å²) < 4.78 is 51.1. The van der Waals surface area contributed by atoms with E-state index in [0.717, 1.165) is 11.9 Å². The summed E-state index contributed by atoms with van der Waals surface area (Å²) in [5.74, 6) is 0.578. The molecular formula is C25H26F3N5O5. The SMILES string of the molecule is N#Cc1ccc(N2CCN(C(=O)CO[C@H]3CC[C@H](Oc4ccc([N+](=O)[O-])c(C(F)(F)F)c4)CC3)CC2)nc1. The minimum Gasteiger partial charge on any atom is -0.490 e. The molecule has 0 bridgehead atoms. The highest BCUT2D eigenvalue weighted by molar-refractivity contribution is 5.77. The van der Waals surface area contributed by atoms with Gasteiger partial charge in [-0.3, -0.25) is 14.9 Å². The van der Waals surface area contributed by atoms with Gasteiger partial charge < -0.3 is 19.3 Å². The fourth-order valence-electron chi connectivity index (χ4n) is 4.59. The Morgan fingerprint density at radius 1 is 1.11 bits per heavy atom. The molecule has 2 fully saturated rings. The van der Waals surface area contributed by atoms with Gasteiger partial charge in [0.05, 0.1) is 22.7 Å². The number of pyridine rings is 1. The van der Waals surface area contributed by atoms with E-state index in [2.05, 4.69) is 9.88 Å². The van der Waals surface area contributed by atoms with Crippen LogP contribution < -0.4 is 9.64 Å². The van der Waals surface area contributed by atoms with Crippen molar-refractivity contribution in [1.29, 1.82) is 5.26 Å². The summed E-state index contributed by atoms with van der Waals surface area (Å²) in [7, 11) is 0. The maximum absolute atomic E-state index is 13.2. The minimum atomic E-state index is -4.87. The number of carbonyl (C=O) groups excluding carboxylic acids is 1. The lowest BCUT2D eigenvalue weighted by Crippen LogP contribution is -2.50. The second-order valence-electron chi connectivity index (χ2n) is 9.15. The Morgan fingerprint density at radius 2 is 1.79 bits per heavy atom. The van der Waals surface area contributed by atoms with Crippen LogP contribution in [0.4, 0.5) is 24.7 Å². The van der Waals surface area contributed by atoms with E-state index in [4.69, 9.17) is 14.7 Å². The maximum atomic E-state index is 13.2. The van der Waals surface area contributed by atoms with Gasteiger partial charge >= 0.3 is 6.18 Å². The van der Waals surface area contributed by atoms with Crippen LogP contribution in [0.1, 0.15) is 36.8 Å². The highest BCUT2D eigenvalue weighted by Crippen LogP contribution is 2.38. The number of alkyl halides is 3. The molecule has 0 spiro atoms. The number of nitriles is 1. The van der Waals surface area contributed by atoms with Gasteiger partial charge in [-0.15, -0.1) is 0 Å². The highest BCUT2D eigenvalue weighted by Gasteiger charge is 2.39. The number of benzene rings is 1. The van der Waals surface area contributed by atoms with Gasteiger partial charge in [-0.25, -0.2) is 4.98 Å². The molecule has 1 saturated carbocycles. The van der Waals surface area contributed by atoms with Crippen molar-refractivity contribution in [2.45, 2.75) is 44.1 Å². The number of nitro benzene ring substituents is 1. The number of aromatic nitrogens is 1. The predicted molar refractivity (Wildman–Crippen MR) is 128 cm³/mol. The normalized spacial score (nSPS) is 20.1. The van der Waals surface area contributed by atoms with Crippen LogP contribution in [0.3, 0.4) is 0 Å². The molecule has 1 aliphatic carbocycles. The number of halogens is 3. The first kappa shape index (κ1) is 27.1. The van der Waals surface area contributed by atoms with Crippen LogP contribution in [-0.2, 0) is 15.7 Å². The zero-order chi connectivity index (χ0) is 27.3. The summed E-state index contributed by atoms with van der Waals surface area (Å²) in [5.41, 5.74) is -1.87. The van der Waals surface area contributed by atoms with Crippen molar-refractivity contribution in [3.8, 4) is 11.8 Å². The van der Waals surface area contributed by atoms with Gasteiger partial charge in [-0.2, -0.15) is 18.4 Å². The summed E-state index contributed by atoms with van der Waals surface area (Å²) in [6.45, 7) is 2.24. The number of anilines is 1. The third-order valence-electron chi connectivity index (χ3n) is 6.67. The molecule has 2 aromatic rings. The van der Waals surface area contributed by atoms with E-state index in [1.54, 1.807) is 17.0 Å². The number of hydrogen-bond acceptors (Lipinski definition) is 8. The van der Waals surface area contributed by atoms with Crippen LogP contribution in [0.5, 0.6) is 5.75 Å². The van der Waals surface area contributed by atoms with E-state index >= 15 is 0 Å². The average Bonchev–Trinajstić information content (AvgIpc) is 2.92. The Morgan fingerprint density at radius 3 is 2.37 bits per heavy atom. The summed E-state index contributed by atoms with van der Waals surface area (Å²) >= 11 is 0. The summed E-state index contributed by atoms with van der Waals surface area (Å²) in [6, 6.07) is 8.17. The Bertz CT molecular complexity index is 1190. The summed E-state index contributed by atoms with van der Waals surface area (Å²) in [4.78, 5) is 30.6. The standard InChI is InChI=1S/C25H26F3N5O5/c26-25(27,28)21-13-20(6-7-22(21)33(35)36)38-19-4-2-18(3-5-19)37-16-24(34)32-11-9-31(10-12-32)23-8-1-17(14-29)15-30-23/h1,6-8,13,15,18-19H,2-5,9-12,16H2/t18-,19-. The lowest BCUT2D eigenvalue weighted by molar-refractivity contribution is -0.388. The van der Waals surface area contributed by atoms with Crippen molar-refractivity contribution < 1.29 is 32.4 Å². The maximum Gasteiger partial charge on any atom is 0.423 e. The lowest BCUT2D eigenvalue weighted by atomic mass is 9.95. The number of rotatable bonds is 7. The van der Waals surface area contributed by atoms with Crippen LogP contribution in [0, 0.1) is 21.4 Å². The molecule has 0 N–H and O–H groups in total. The topological polar surface area (TPSA) is 122 Å². The summed E-state index contributed by atoms with van der Waals surface area (Å²) in [5, 5.41) is 19.8. The van der Waals surface area contributed by atoms with E-state index in [0.29, 0.717) is 63.5 Å². The van der Waals surface area contributed by atoms with Crippen LogP contribution in [0.15, 0.2) is 36.5 Å². The monoisotopic (exact) mass is 533 g/mol. The second-order valence-corrected chi connectivity index (χ2v) is 9.15. The summed E-state index contributed by atoms with van der Waals surface area (Å²) in [6.07, 6.45) is -1.66. The molecule has 1 saturated heterocycles. The zero-order valence-electron chi connectivity index (χ0n) is 20.4. The molecule has 1 aliphatic heterocycles. The second kappa shape index (κ2) is 11.6. The molecular weight excluding hydrogens is 507 g/mol. The molecule has 1 amide bonds. The fourth-order valence-corrected chi connectivity index (χ4v) is 4.59. The van der Waals surface area contributed by atoms with Gasteiger partial charge in [0.15, 0.2) is 0 Å². The largest absolute Gasteiger partial charge is 0.490 e. The quantitative estimate of drug-likeness (QED) is 0.388. The van der Waals surface area contributed by atoms with E-state index in [9.17, 15) is 28.1 Å². The molecule has 0 atom stereocenters. The zero-order valence-corrected chi connectivity index (χ0v) is 20.4. The van der Waals surface area contributed by atoms with E-state index in [-0.39, 0.29) is 30.5 Å². The Labute approximate surface area is 216 Å². The van der Waals surface area contributed by atoms with Crippen molar-refractivity contribution in [1.82, 2.24) is 9.88 Å². The first-order valence-electron chi connectivity index (χ1n) is 12.2. The van der Waals surface area contributed by atoms with Crippen molar-refractivity contribution in [2.75, 3.05) is 37.7 Å². The molecule has 13 heteroatoms. The van der Waals surface area contributed by atoms with Crippen molar-refractivity contribution in [2.24, 2.45) is 0 Å². The molecule has 10 nitrogen and oxygen atoms in total. The van der Waals surface area contributed by atoms with E-state index < -0.39 is 22.4 Å². The number of nitro groups is 1. The fraction of sp³-hybridized carbons (Fsp3) is 0.480. The average molecular weight is 534 g/mol. The van der Waals surface area contributed by atoms with Gasteiger partial charge in [0.25, 0.3) is 5.69 Å². The molecule has 0 radical (unpaired) electrons. The van der Waals surface area contributed by atoms with Gasteiger partial charge in [0.2, 0.25) is 5.91 Å². The number of hydrogen-bond donors (Lipinski definition) is 0. The molecule has 202 valence electrons. The van der Waals surface area contributed by atoms with E-state index in [1.165, 1.54) is 12.3 Å². The van der Waals surface area contributed by atoms with Crippen molar-refractivity contribution in [3.05, 3.63) is 57.8 Å². The Hall–Kier alpha value is -3.92. The van der Waals surface area contributed by atoms with Gasteiger partial charge in [-0.05, 0) is 49.9 Å². The number of carbonyl (C=O) groups is 1. The van der Waals surface area contributed by atoms with Crippen molar-refractivity contribution in [3.63, 3.8) is 0 Å². The number of nitrogens with zero attached hydrogens (tertiary/aromatic N) is 5. The van der Waals surface area contributed by atoms with Gasteiger partial charge in [0, 0.05) is 38.4 Å². The van der Waals surface area contributed by atoms with Crippen LogP contribution >= 0.6 is 0 Å². The van der Waals surface area contributed by atoms with E-state index in [1.807, 2.05) is 6.07 Å². The number of ether oxygens (including phenoxy) is 2. The van der Waals surface area contributed by atoms with Crippen molar-refractivity contribution >= 4 is 17.4 Å². The first-order chi connectivity index (χ1) is 18.1. The molecule has 2 aliphatic rings. The smallest absolute Gasteiger partial charge is 0.423 e. The van der Waals surface area contributed by atoms with Crippen LogP contribution in [0.2, 0.25) is 0 Å². The minimum absolute atomic E-state index is 0.0530. The molecule has 1 aromatic heterocycles. The van der Waals surface area contributed by atoms with Crippen LogP contribution in [0.25, 0.3) is 0 Å². The third-order valence-corrected chi connectivity index (χ3v) is 6.67. The van der Waals surface area contributed by atoms with Crippen LogP contribution in [-0.4, -0.2) is 65.7 Å². The Kier molecular flexibility index (Phi) is 8.31. The Balaban J connectivity index is 1.20. The molecule has 0 unspecified atom stereocenters. The molecule has 38 heavy (non-hydrogen) atoms.